The fourth-order valence-electron chi connectivity index (χ4n) is 4.04. The SMILES string of the molecule is CC(NCc1ccccc1CN1CCOCC1)C(=O)N1CCc2ccccc21. The Bertz CT molecular complexity index is 817. The number of nitrogens with one attached hydrogen (secondary N) is 1. The van der Waals surface area contributed by atoms with Crippen LogP contribution in [-0.2, 0) is 29.0 Å². The highest BCUT2D eigenvalue weighted by Gasteiger charge is 2.27. The molecule has 5 heteroatoms. The molecule has 148 valence electrons. The largest absolute Gasteiger partial charge is 0.379 e. The Labute approximate surface area is 167 Å². The highest BCUT2D eigenvalue weighted by atomic mass is 16.5. The molecule has 1 saturated heterocycles. The van der Waals surface area contributed by atoms with E-state index >= 15 is 0 Å². The molecular weight excluding hydrogens is 350 g/mol. The molecule has 5 nitrogen and oxygen atoms in total. The second-order valence-electron chi connectivity index (χ2n) is 7.63. The molecule has 2 aliphatic heterocycles. The summed E-state index contributed by atoms with van der Waals surface area (Å²) in [6.07, 6.45) is 0.941. The van der Waals surface area contributed by atoms with Crippen LogP contribution in [-0.4, -0.2) is 49.7 Å². The number of morpholine rings is 1. The van der Waals surface area contributed by atoms with Gasteiger partial charge in [-0.3, -0.25) is 9.69 Å². The van der Waals surface area contributed by atoms with Gasteiger partial charge in [0.1, 0.15) is 0 Å². The van der Waals surface area contributed by atoms with Gasteiger partial charge in [-0.05, 0) is 36.1 Å². The summed E-state index contributed by atoms with van der Waals surface area (Å²) >= 11 is 0. The van der Waals surface area contributed by atoms with Gasteiger partial charge in [0.05, 0.1) is 19.3 Å². The van der Waals surface area contributed by atoms with Crippen molar-refractivity contribution in [3.8, 4) is 0 Å². The summed E-state index contributed by atoms with van der Waals surface area (Å²) < 4.78 is 5.45. The van der Waals surface area contributed by atoms with Crippen molar-refractivity contribution in [3.05, 3.63) is 65.2 Å². The zero-order valence-corrected chi connectivity index (χ0v) is 16.6. The Hall–Kier alpha value is -2.21. The summed E-state index contributed by atoms with van der Waals surface area (Å²) in [6, 6.07) is 16.5. The van der Waals surface area contributed by atoms with Crippen LogP contribution < -0.4 is 10.2 Å². The van der Waals surface area contributed by atoms with E-state index in [9.17, 15) is 4.79 Å². The second kappa shape index (κ2) is 8.86. The maximum Gasteiger partial charge on any atom is 0.243 e. The molecule has 0 bridgehead atoms. The number of carbonyl (C=O) groups excluding carboxylic acids is 1. The molecule has 1 amide bonds. The summed E-state index contributed by atoms with van der Waals surface area (Å²) in [7, 11) is 0. The lowest BCUT2D eigenvalue weighted by Crippen LogP contribution is -2.44. The first kappa shape index (κ1) is 19.1. The maximum absolute atomic E-state index is 13.0. The molecular formula is C23H29N3O2. The van der Waals surface area contributed by atoms with Crippen molar-refractivity contribution in [2.45, 2.75) is 32.5 Å². The van der Waals surface area contributed by atoms with Gasteiger partial charge in [-0.15, -0.1) is 0 Å². The van der Waals surface area contributed by atoms with Crippen LogP contribution in [0.2, 0.25) is 0 Å². The number of anilines is 1. The molecule has 0 aromatic heterocycles. The Morgan fingerprint density at radius 1 is 1.04 bits per heavy atom. The molecule has 2 aromatic carbocycles. The third kappa shape index (κ3) is 4.27. The highest BCUT2D eigenvalue weighted by molar-refractivity contribution is 5.98. The van der Waals surface area contributed by atoms with E-state index in [1.54, 1.807) is 0 Å². The van der Waals surface area contributed by atoms with Crippen molar-refractivity contribution in [1.29, 1.82) is 0 Å². The van der Waals surface area contributed by atoms with Gasteiger partial charge in [0.2, 0.25) is 5.91 Å². The quantitative estimate of drug-likeness (QED) is 0.838. The van der Waals surface area contributed by atoms with Gasteiger partial charge in [-0.1, -0.05) is 42.5 Å². The van der Waals surface area contributed by atoms with Crippen molar-refractivity contribution in [1.82, 2.24) is 10.2 Å². The fourth-order valence-corrected chi connectivity index (χ4v) is 4.04. The van der Waals surface area contributed by atoms with Gasteiger partial charge < -0.3 is 15.0 Å². The van der Waals surface area contributed by atoms with Crippen LogP contribution in [0.15, 0.2) is 48.5 Å². The lowest BCUT2D eigenvalue weighted by atomic mass is 10.1. The number of para-hydroxylation sites is 1. The Balaban J connectivity index is 1.37. The Kier molecular flexibility index (Phi) is 6.05. The summed E-state index contributed by atoms with van der Waals surface area (Å²) in [5.41, 5.74) is 4.91. The zero-order valence-electron chi connectivity index (χ0n) is 16.6. The van der Waals surface area contributed by atoms with Crippen molar-refractivity contribution in [2.75, 3.05) is 37.7 Å². The first-order chi connectivity index (χ1) is 13.7. The van der Waals surface area contributed by atoms with E-state index in [4.69, 9.17) is 4.74 Å². The van der Waals surface area contributed by atoms with Crippen molar-refractivity contribution < 1.29 is 9.53 Å². The minimum absolute atomic E-state index is 0.149. The van der Waals surface area contributed by atoms with Crippen LogP contribution in [0.1, 0.15) is 23.6 Å². The van der Waals surface area contributed by atoms with Crippen LogP contribution in [0.25, 0.3) is 0 Å². The number of ether oxygens (including phenoxy) is 1. The van der Waals surface area contributed by atoms with Crippen LogP contribution in [0, 0.1) is 0 Å². The van der Waals surface area contributed by atoms with Crippen molar-refractivity contribution in [3.63, 3.8) is 0 Å². The molecule has 2 heterocycles. The average Bonchev–Trinajstić information content (AvgIpc) is 3.17. The minimum atomic E-state index is -0.220. The molecule has 0 aliphatic carbocycles. The summed E-state index contributed by atoms with van der Waals surface area (Å²) in [6.45, 7) is 7.94. The molecule has 4 rings (SSSR count). The molecule has 28 heavy (non-hydrogen) atoms. The zero-order chi connectivity index (χ0) is 19.3. The van der Waals surface area contributed by atoms with Gasteiger partial charge in [0, 0.05) is 38.4 Å². The number of hydrogen-bond donors (Lipinski definition) is 1. The van der Waals surface area contributed by atoms with E-state index in [0.29, 0.717) is 6.54 Å². The normalized spacial score (nSPS) is 18.1. The minimum Gasteiger partial charge on any atom is -0.379 e. The third-order valence-electron chi connectivity index (χ3n) is 5.74. The number of amides is 1. The molecule has 1 atom stereocenters. The smallest absolute Gasteiger partial charge is 0.243 e. The molecule has 2 aromatic rings. The summed E-state index contributed by atoms with van der Waals surface area (Å²) in [5.74, 6) is 0.149. The fraction of sp³-hybridized carbons (Fsp3) is 0.435. The van der Waals surface area contributed by atoms with Gasteiger partial charge in [-0.2, -0.15) is 0 Å². The molecule has 0 radical (unpaired) electrons. The summed E-state index contributed by atoms with van der Waals surface area (Å²) in [5, 5.41) is 3.45. The van der Waals surface area contributed by atoms with E-state index in [1.165, 1.54) is 16.7 Å². The molecule has 0 spiro atoms. The van der Waals surface area contributed by atoms with E-state index < -0.39 is 0 Å². The maximum atomic E-state index is 13.0. The average molecular weight is 380 g/mol. The monoisotopic (exact) mass is 379 g/mol. The van der Waals surface area contributed by atoms with E-state index in [-0.39, 0.29) is 11.9 Å². The topological polar surface area (TPSA) is 44.8 Å². The van der Waals surface area contributed by atoms with E-state index in [0.717, 1.165) is 51.5 Å². The first-order valence-corrected chi connectivity index (χ1v) is 10.2. The lowest BCUT2D eigenvalue weighted by Gasteiger charge is -2.27. The van der Waals surface area contributed by atoms with E-state index in [2.05, 4.69) is 40.5 Å². The molecule has 1 N–H and O–H groups in total. The number of benzene rings is 2. The lowest BCUT2D eigenvalue weighted by molar-refractivity contribution is -0.120. The van der Waals surface area contributed by atoms with Gasteiger partial charge >= 0.3 is 0 Å². The molecule has 2 aliphatic rings. The standard InChI is InChI=1S/C23H29N3O2/c1-18(23(27)26-11-10-19-6-4-5-9-22(19)26)24-16-20-7-2-3-8-21(20)17-25-12-14-28-15-13-25/h2-9,18,24H,10-17H2,1H3. The number of hydrogen-bond acceptors (Lipinski definition) is 4. The number of fused-ring (bicyclic) bond motifs is 1. The summed E-state index contributed by atoms with van der Waals surface area (Å²) in [4.78, 5) is 17.3. The predicted octanol–water partition coefficient (Wildman–Crippen LogP) is 2.59. The molecule has 1 unspecified atom stereocenters. The number of nitrogens with zero attached hydrogens (tertiary/aromatic N) is 2. The first-order valence-electron chi connectivity index (χ1n) is 10.2. The number of carbonyl (C=O) groups is 1. The van der Waals surface area contributed by atoms with Crippen molar-refractivity contribution in [2.24, 2.45) is 0 Å². The predicted molar refractivity (Wildman–Crippen MR) is 111 cm³/mol. The Morgan fingerprint density at radius 2 is 1.75 bits per heavy atom. The van der Waals surface area contributed by atoms with Crippen LogP contribution >= 0.6 is 0 Å². The van der Waals surface area contributed by atoms with Crippen LogP contribution in [0.3, 0.4) is 0 Å². The van der Waals surface area contributed by atoms with Gasteiger partial charge in [-0.25, -0.2) is 0 Å². The third-order valence-corrected chi connectivity index (χ3v) is 5.74. The van der Waals surface area contributed by atoms with Gasteiger partial charge in [0.25, 0.3) is 0 Å². The highest BCUT2D eigenvalue weighted by Crippen LogP contribution is 2.27. The Morgan fingerprint density at radius 3 is 2.57 bits per heavy atom. The van der Waals surface area contributed by atoms with Crippen LogP contribution in [0.5, 0.6) is 0 Å². The number of rotatable bonds is 6. The second-order valence-corrected chi connectivity index (χ2v) is 7.63. The molecule has 0 saturated carbocycles. The van der Waals surface area contributed by atoms with Crippen LogP contribution in [0.4, 0.5) is 5.69 Å². The molecule has 1 fully saturated rings. The van der Waals surface area contributed by atoms with Crippen molar-refractivity contribution >= 4 is 11.6 Å². The van der Waals surface area contributed by atoms with Gasteiger partial charge in [0.15, 0.2) is 0 Å². The van der Waals surface area contributed by atoms with E-state index in [1.807, 2.05) is 30.0 Å².